The summed E-state index contributed by atoms with van der Waals surface area (Å²) in [6.07, 6.45) is 9.47. The minimum atomic E-state index is 0.532. The second kappa shape index (κ2) is 4.31. The Bertz CT molecular complexity index is 498. The number of hydrogen-bond acceptors (Lipinski definition) is 3. The maximum atomic E-state index is 8.89. The van der Waals surface area contributed by atoms with E-state index in [-0.39, 0.29) is 0 Å². The van der Waals surface area contributed by atoms with Crippen LogP contribution in [0.5, 0.6) is 0 Å². The highest BCUT2D eigenvalue weighted by Crippen LogP contribution is 2.34. The largest absolute Gasteiger partial charge is 0.310 e. The molecule has 1 aliphatic carbocycles. The van der Waals surface area contributed by atoms with E-state index in [0.717, 1.165) is 24.4 Å². The second-order valence-electron chi connectivity index (χ2n) is 4.83. The van der Waals surface area contributed by atoms with Gasteiger partial charge in [-0.1, -0.05) is 6.08 Å². The average Bonchev–Trinajstić information content (AvgIpc) is 2.86. The summed E-state index contributed by atoms with van der Waals surface area (Å²) in [5.74, 6) is 0.811. The molecule has 17 heavy (non-hydrogen) atoms. The van der Waals surface area contributed by atoms with Crippen LogP contribution in [-0.4, -0.2) is 17.6 Å². The van der Waals surface area contributed by atoms with Gasteiger partial charge in [-0.05, 0) is 48.9 Å². The first-order valence-electron chi connectivity index (χ1n) is 6.16. The molecule has 3 heteroatoms. The lowest BCUT2D eigenvalue weighted by Crippen LogP contribution is -2.27. The zero-order valence-corrected chi connectivity index (χ0v) is 9.69. The van der Waals surface area contributed by atoms with Crippen LogP contribution >= 0.6 is 0 Å². The third-order valence-electron chi connectivity index (χ3n) is 3.81. The van der Waals surface area contributed by atoms with Gasteiger partial charge in [-0.2, -0.15) is 5.26 Å². The van der Waals surface area contributed by atoms with Crippen LogP contribution in [0.25, 0.3) is 5.57 Å². The lowest BCUT2D eigenvalue weighted by molar-refractivity contribution is 0.465. The van der Waals surface area contributed by atoms with Gasteiger partial charge in [0.05, 0.1) is 5.56 Å². The van der Waals surface area contributed by atoms with Gasteiger partial charge in [0, 0.05) is 18.4 Å². The number of allylic oxidation sites excluding steroid dienone is 1. The van der Waals surface area contributed by atoms with Crippen molar-refractivity contribution in [1.82, 2.24) is 10.3 Å². The summed E-state index contributed by atoms with van der Waals surface area (Å²) in [6, 6.07) is 4.62. The monoisotopic (exact) mass is 225 g/mol. The first-order valence-corrected chi connectivity index (χ1v) is 6.16. The van der Waals surface area contributed by atoms with Crippen molar-refractivity contribution in [2.24, 2.45) is 5.92 Å². The lowest BCUT2D eigenvalue weighted by Gasteiger charge is -2.24. The van der Waals surface area contributed by atoms with Crippen molar-refractivity contribution < 1.29 is 0 Å². The Morgan fingerprint density at radius 2 is 2.29 bits per heavy atom. The number of hydrogen-bond donors (Lipinski definition) is 1. The van der Waals surface area contributed by atoms with Crippen LogP contribution in [0.15, 0.2) is 24.5 Å². The molecule has 1 aliphatic heterocycles. The molecule has 0 spiro atoms. The summed E-state index contributed by atoms with van der Waals surface area (Å²) in [5, 5.41) is 12.4. The van der Waals surface area contributed by atoms with Crippen molar-refractivity contribution in [2.45, 2.75) is 25.3 Å². The normalized spacial score (nSPS) is 27.1. The first kappa shape index (κ1) is 10.5. The minimum Gasteiger partial charge on any atom is -0.310 e. The minimum absolute atomic E-state index is 0.532. The molecular formula is C14H15N3. The molecule has 3 nitrogen and oxygen atoms in total. The zero-order valence-electron chi connectivity index (χ0n) is 9.69. The SMILES string of the molecule is N#Cc1cncc(C2=C[C@@H]3NCC[C@@H]3CC2)c1. The molecule has 0 aromatic carbocycles. The zero-order chi connectivity index (χ0) is 11.7. The van der Waals surface area contributed by atoms with Gasteiger partial charge >= 0.3 is 0 Å². The number of nitriles is 1. The van der Waals surface area contributed by atoms with E-state index in [4.69, 9.17) is 5.26 Å². The van der Waals surface area contributed by atoms with Gasteiger partial charge in [0.25, 0.3) is 0 Å². The van der Waals surface area contributed by atoms with Gasteiger partial charge in [-0.15, -0.1) is 0 Å². The van der Waals surface area contributed by atoms with E-state index in [9.17, 15) is 0 Å². The van der Waals surface area contributed by atoms with E-state index in [1.807, 2.05) is 12.3 Å². The van der Waals surface area contributed by atoms with Gasteiger partial charge in [-0.25, -0.2) is 0 Å². The van der Waals surface area contributed by atoms with Crippen molar-refractivity contribution in [3.8, 4) is 6.07 Å². The van der Waals surface area contributed by atoms with Gasteiger partial charge in [0.15, 0.2) is 0 Å². The van der Waals surface area contributed by atoms with Crippen LogP contribution in [0.2, 0.25) is 0 Å². The quantitative estimate of drug-likeness (QED) is 0.796. The molecule has 0 bridgehead atoms. The van der Waals surface area contributed by atoms with Crippen LogP contribution in [0.1, 0.15) is 30.4 Å². The Balaban J connectivity index is 1.91. The van der Waals surface area contributed by atoms with Crippen molar-refractivity contribution in [3.05, 3.63) is 35.7 Å². The third-order valence-corrected chi connectivity index (χ3v) is 3.81. The van der Waals surface area contributed by atoms with Crippen molar-refractivity contribution in [2.75, 3.05) is 6.54 Å². The van der Waals surface area contributed by atoms with E-state index in [0.29, 0.717) is 11.6 Å². The maximum absolute atomic E-state index is 8.89. The van der Waals surface area contributed by atoms with Gasteiger partial charge in [0.1, 0.15) is 6.07 Å². The molecule has 3 rings (SSSR count). The second-order valence-corrected chi connectivity index (χ2v) is 4.83. The summed E-state index contributed by atoms with van der Waals surface area (Å²) in [5.41, 5.74) is 3.09. The molecule has 86 valence electrons. The lowest BCUT2D eigenvalue weighted by atomic mass is 9.84. The maximum Gasteiger partial charge on any atom is 0.101 e. The number of fused-ring (bicyclic) bond motifs is 1. The van der Waals surface area contributed by atoms with Crippen LogP contribution in [0.4, 0.5) is 0 Å². The number of nitrogens with zero attached hydrogens (tertiary/aromatic N) is 2. The van der Waals surface area contributed by atoms with Gasteiger partial charge < -0.3 is 5.32 Å². The summed E-state index contributed by atoms with van der Waals surface area (Å²) in [7, 11) is 0. The smallest absolute Gasteiger partial charge is 0.101 e. The highest BCUT2D eigenvalue weighted by molar-refractivity contribution is 5.67. The molecule has 1 fully saturated rings. The molecule has 1 aromatic rings. The fraction of sp³-hybridized carbons (Fsp3) is 0.429. The highest BCUT2D eigenvalue weighted by Gasteiger charge is 2.28. The van der Waals surface area contributed by atoms with Crippen molar-refractivity contribution >= 4 is 5.57 Å². The number of rotatable bonds is 1. The summed E-state index contributed by atoms with van der Waals surface area (Å²) in [4.78, 5) is 4.13. The van der Waals surface area contributed by atoms with Crippen LogP contribution < -0.4 is 5.32 Å². The van der Waals surface area contributed by atoms with Crippen molar-refractivity contribution in [3.63, 3.8) is 0 Å². The van der Waals surface area contributed by atoms with Crippen LogP contribution in [-0.2, 0) is 0 Å². The van der Waals surface area contributed by atoms with Crippen LogP contribution in [0, 0.1) is 17.2 Å². The fourth-order valence-electron chi connectivity index (χ4n) is 2.86. The molecule has 2 atom stereocenters. The van der Waals surface area contributed by atoms with E-state index in [2.05, 4.69) is 22.4 Å². The van der Waals surface area contributed by atoms with Crippen molar-refractivity contribution in [1.29, 1.82) is 5.26 Å². The fourth-order valence-corrected chi connectivity index (χ4v) is 2.86. The molecule has 2 heterocycles. The Labute approximate surface area is 101 Å². The Kier molecular flexibility index (Phi) is 2.66. The molecule has 0 amide bonds. The highest BCUT2D eigenvalue weighted by atomic mass is 14.9. The number of aromatic nitrogens is 1. The molecule has 0 unspecified atom stereocenters. The molecular weight excluding hydrogens is 210 g/mol. The summed E-state index contributed by atoms with van der Waals surface area (Å²) >= 11 is 0. The topological polar surface area (TPSA) is 48.7 Å². The average molecular weight is 225 g/mol. The molecule has 0 radical (unpaired) electrons. The van der Waals surface area contributed by atoms with Gasteiger partial charge in [-0.3, -0.25) is 4.98 Å². The first-order chi connectivity index (χ1) is 8.36. The molecule has 2 aliphatic rings. The van der Waals surface area contributed by atoms with E-state index < -0.39 is 0 Å². The van der Waals surface area contributed by atoms with Gasteiger partial charge in [0.2, 0.25) is 0 Å². The van der Waals surface area contributed by atoms with Crippen LogP contribution in [0.3, 0.4) is 0 Å². The summed E-state index contributed by atoms with van der Waals surface area (Å²) < 4.78 is 0. The van der Waals surface area contributed by atoms with E-state index in [1.54, 1.807) is 6.20 Å². The summed E-state index contributed by atoms with van der Waals surface area (Å²) in [6.45, 7) is 1.13. The van der Waals surface area contributed by atoms with E-state index in [1.165, 1.54) is 18.4 Å². The number of nitrogens with one attached hydrogen (secondary N) is 1. The molecule has 0 saturated carbocycles. The Hall–Kier alpha value is -1.66. The molecule has 1 N–H and O–H groups in total. The predicted molar refractivity (Wildman–Crippen MR) is 66.1 cm³/mol. The van der Waals surface area contributed by atoms with E-state index >= 15 is 0 Å². The Morgan fingerprint density at radius 3 is 3.18 bits per heavy atom. The standard InChI is InChI=1S/C14H15N3/c15-7-10-5-13(9-16-8-10)12-2-1-11-3-4-17-14(11)6-12/h5-6,8-9,11,14,17H,1-4H2/t11-,14-/m0/s1. The molecule has 1 saturated heterocycles. The third kappa shape index (κ3) is 1.96. The Morgan fingerprint density at radius 1 is 1.35 bits per heavy atom. The number of pyridine rings is 1. The predicted octanol–water partition coefficient (Wildman–Crippen LogP) is 2.11. The molecule has 1 aromatic heterocycles.